The minimum Gasteiger partial charge on any atom is -0.371 e. The van der Waals surface area contributed by atoms with Gasteiger partial charge in [0.15, 0.2) is 0 Å². The number of amidine groups is 1. The normalized spacial score (nSPS) is 20.0. The molecule has 0 aliphatic carbocycles. The molecule has 25 heavy (non-hydrogen) atoms. The molecule has 1 unspecified atom stereocenters. The minimum atomic E-state index is -0.131. The number of rotatable bonds is 2. The number of likely N-dealkylation sites (N-methyl/N-ethyl adjacent to an activating group) is 1. The van der Waals surface area contributed by atoms with Crippen LogP contribution in [0.4, 0.5) is 0 Å². The Hall–Kier alpha value is -2.50. The molecule has 1 atom stereocenters. The summed E-state index contributed by atoms with van der Waals surface area (Å²) >= 11 is 0. The minimum absolute atomic E-state index is 0.104. The van der Waals surface area contributed by atoms with Crippen LogP contribution in [0.15, 0.2) is 53.5 Å². The van der Waals surface area contributed by atoms with Gasteiger partial charge in [0.25, 0.3) is 5.91 Å². The first-order valence-electron chi connectivity index (χ1n) is 8.55. The van der Waals surface area contributed by atoms with Gasteiger partial charge in [-0.25, -0.2) is 0 Å². The molecule has 1 N–H and O–H groups in total. The quantitative estimate of drug-likeness (QED) is 0.917. The Labute approximate surface area is 147 Å². The number of ether oxygens (including phenoxy) is 1. The SMILES string of the molecule is CN1CCOC(c2ccc3c(c2)CN=C3NC(=O)c2ccccc2)C1. The molecule has 0 spiro atoms. The second-order valence-corrected chi connectivity index (χ2v) is 6.52. The maximum absolute atomic E-state index is 12.3. The zero-order valence-electron chi connectivity index (χ0n) is 14.2. The molecule has 5 heteroatoms. The molecule has 2 aliphatic rings. The molecular weight excluding hydrogens is 314 g/mol. The van der Waals surface area contributed by atoms with Crippen LogP contribution in [0.25, 0.3) is 0 Å². The number of hydrogen-bond acceptors (Lipinski definition) is 4. The van der Waals surface area contributed by atoms with Crippen molar-refractivity contribution in [3.05, 3.63) is 70.8 Å². The number of benzene rings is 2. The number of hydrogen-bond donors (Lipinski definition) is 1. The van der Waals surface area contributed by atoms with Crippen molar-refractivity contribution in [2.75, 3.05) is 26.7 Å². The molecular formula is C20H21N3O2. The summed E-state index contributed by atoms with van der Waals surface area (Å²) in [6.07, 6.45) is 0.104. The second kappa shape index (κ2) is 6.78. The highest BCUT2D eigenvalue weighted by molar-refractivity contribution is 6.14. The van der Waals surface area contributed by atoms with E-state index in [1.54, 1.807) is 12.1 Å². The van der Waals surface area contributed by atoms with Crippen LogP contribution in [0.2, 0.25) is 0 Å². The molecule has 0 bridgehead atoms. The van der Waals surface area contributed by atoms with Crippen LogP contribution in [0, 0.1) is 0 Å². The highest BCUT2D eigenvalue weighted by Gasteiger charge is 2.23. The van der Waals surface area contributed by atoms with E-state index >= 15 is 0 Å². The van der Waals surface area contributed by atoms with Crippen LogP contribution in [0.1, 0.15) is 33.2 Å². The molecule has 2 aromatic rings. The van der Waals surface area contributed by atoms with Crippen LogP contribution in [0.5, 0.6) is 0 Å². The van der Waals surface area contributed by atoms with Crippen molar-refractivity contribution in [2.24, 2.45) is 4.99 Å². The van der Waals surface area contributed by atoms with Gasteiger partial charge >= 0.3 is 0 Å². The number of amides is 1. The summed E-state index contributed by atoms with van der Waals surface area (Å²) in [6.45, 7) is 3.22. The van der Waals surface area contributed by atoms with E-state index in [1.807, 2.05) is 24.3 Å². The highest BCUT2D eigenvalue weighted by Crippen LogP contribution is 2.26. The van der Waals surface area contributed by atoms with Gasteiger partial charge in [-0.05, 0) is 30.3 Å². The molecule has 2 aromatic carbocycles. The zero-order chi connectivity index (χ0) is 17.2. The number of aliphatic imine (C=N–C) groups is 1. The number of carbonyl (C=O) groups is 1. The van der Waals surface area contributed by atoms with Gasteiger partial charge in [-0.2, -0.15) is 0 Å². The summed E-state index contributed by atoms with van der Waals surface area (Å²) < 4.78 is 5.89. The van der Waals surface area contributed by atoms with Crippen molar-refractivity contribution in [3.8, 4) is 0 Å². The monoisotopic (exact) mass is 335 g/mol. The van der Waals surface area contributed by atoms with E-state index in [9.17, 15) is 4.79 Å². The van der Waals surface area contributed by atoms with Crippen LogP contribution in [0.3, 0.4) is 0 Å². The molecule has 2 heterocycles. The molecule has 128 valence electrons. The lowest BCUT2D eigenvalue weighted by Gasteiger charge is -2.30. The Kier molecular flexibility index (Phi) is 4.34. The van der Waals surface area contributed by atoms with E-state index in [4.69, 9.17) is 4.74 Å². The number of nitrogens with one attached hydrogen (secondary N) is 1. The van der Waals surface area contributed by atoms with E-state index in [0.717, 1.165) is 30.8 Å². The Balaban J connectivity index is 1.50. The van der Waals surface area contributed by atoms with Crippen LogP contribution in [-0.4, -0.2) is 43.4 Å². The molecule has 2 aliphatic heterocycles. The Morgan fingerprint density at radius 3 is 2.88 bits per heavy atom. The summed E-state index contributed by atoms with van der Waals surface area (Å²) in [7, 11) is 2.11. The van der Waals surface area contributed by atoms with E-state index in [-0.39, 0.29) is 12.0 Å². The second-order valence-electron chi connectivity index (χ2n) is 6.52. The Bertz CT molecular complexity index is 817. The lowest BCUT2D eigenvalue weighted by atomic mass is 10.0. The standard InChI is InChI=1S/C20H21N3O2/c1-23-9-10-25-18(13-23)15-7-8-17-16(11-15)12-21-19(17)22-20(24)14-5-3-2-4-6-14/h2-8,11,18H,9-10,12-13H2,1H3,(H,21,22,24). The molecule has 1 fully saturated rings. The molecule has 0 aromatic heterocycles. The van der Waals surface area contributed by atoms with E-state index in [0.29, 0.717) is 17.9 Å². The Morgan fingerprint density at radius 2 is 2.08 bits per heavy atom. The van der Waals surface area contributed by atoms with Gasteiger partial charge in [0.05, 0.1) is 19.3 Å². The highest BCUT2D eigenvalue weighted by atomic mass is 16.5. The molecule has 4 rings (SSSR count). The molecule has 5 nitrogen and oxygen atoms in total. The average molecular weight is 335 g/mol. The third kappa shape index (κ3) is 3.34. The topological polar surface area (TPSA) is 53.9 Å². The molecule has 0 radical (unpaired) electrons. The van der Waals surface area contributed by atoms with Gasteiger partial charge in [0.2, 0.25) is 0 Å². The smallest absolute Gasteiger partial charge is 0.256 e. The van der Waals surface area contributed by atoms with Gasteiger partial charge in [-0.3, -0.25) is 9.79 Å². The fourth-order valence-corrected chi connectivity index (χ4v) is 3.28. The fraction of sp³-hybridized carbons (Fsp3) is 0.300. The number of fused-ring (bicyclic) bond motifs is 1. The van der Waals surface area contributed by atoms with Crippen molar-refractivity contribution < 1.29 is 9.53 Å². The first-order chi connectivity index (χ1) is 12.2. The number of carbonyl (C=O) groups excluding carboxylic acids is 1. The third-order valence-corrected chi connectivity index (χ3v) is 4.70. The van der Waals surface area contributed by atoms with Crippen molar-refractivity contribution in [1.29, 1.82) is 0 Å². The van der Waals surface area contributed by atoms with Gasteiger partial charge in [-0.15, -0.1) is 0 Å². The van der Waals surface area contributed by atoms with Gasteiger partial charge in [-0.1, -0.05) is 36.4 Å². The predicted molar refractivity (Wildman–Crippen MR) is 96.8 cm³/mol. The van der Waals surface area contributed by atoms with Crippen molar-refractivity contribution in [3.63, 3.8) is 0 Å². The molecule has 1 amide bonds. The van der Waals surface area contributed by atoms with Gasteiger partial charge < -0.3 is 15.0 Å². The lowest BCUT2D eigenvalue weighted by Crippen LogP contribution is -2.35. The first-order valence-corrected chi connectivity index (χ1v) is 8.55. The third-order valence-electron chi connectivity index (χ3n) is 4.70. The number of morpholine rings is 1. The summed E-state index contributed by atoms with van der Waals surface area (Å²) in [5.41, 5.74) is 3.94. The van der Waals surface area contributed by atoms with Gasteiger partial charge in [0, 0.05) is 24.2 Å². The maximum atomic E-state index is 12.3. The zero-order valence-corrected chi connectivity index (χ0v) is 14.2. The lowest BCUT2D eigenvalue weighted by molar-refractivity contribution is -0.0209. The number of nitrogens with zero attached hydrogens (tertiary/aromatic N) is 2. The summed E-state index contributed by atoms with van der Waals surface area (Å²) in [6, 6.07) is 15.5. The van der Waals surface area contributed by atoms with E-state index in [1.165, 1.54) is 5.56 Å². The van der Waals surface area contributed by atoms with E-state index in [2.05, 4.69) is 34.4 Å². The van der Waals surface area contributed by atoms with Gasteiger partial charge in [0.1, 0.15) is 5.84 Å². The summed E-state index contributed by atoms with van der Waals surface area (Å²) in [5.74, 6) is 0.519. The first kappa shape index (κ1) is 16.0. The van der Waals surface area contributed by atoms with Crippen LogP contribution in [-0.2, 0) is 11.3 Å². The maximum Gasteiger partial charge on any atom is 0.256 e. The summed E-state index contributed by atoms with van der Waals surface area (Å²) in [5, 5.41) is 2.93. The van der Waals surface area contributed by atoms with Crippen LogP contribution < -0.4 is 5.32 Å². The molecule has 0 saturated carbocycles. The Morgan fingerprint density at radius 1 is 1.24 bits per heavy atom. The van der Waals surface area contributed by atoms with Crippen molar-refractivity contribution in [2.45, 2.75) is 12.6 Å². The molecule has 1 saturated heterocycles. The van der Waals surface area contributed by atoms with Crippen molar-refractivity contribution in [1.82, 2.24) is 10.2 Å². The fourth-order valence-electron chi connectivity index (χ4n) is 3.28. The van der Waals surface area contributed by atoms with Crippen LogP contribution >= 0.6 is 0 Å². The predicted octanol–water partition coefficient (Wildman–Crippen LogP) is 2.38. The average Bonchev–Trinajstić information content (AvgIpc) is 3.04. The van der Waals surface area contributed by atoms with E-state index < -0.39 is 0 Å². The van der Waals surface area contributed by atoms with Crippen molar-refractivity contribution >= 4 is 11.7 Å². The summed E-state index contributed by atoms with van der Waals surface area (Å²) in [4.78, 5) is 19.1. The largest absolute Gasteiger partial charge is 0.371 e.